The van der Waals surface area contributed by atoms with Gasteiger partial charge in [-0.15, -0.1) is 0 Å². The van der Waals surface area contributed by atoms with Crippen LogP contribution in [0.3, 0.4) is 0 Å². The summed E-state index contributed by atoms with van der Waals surface area (Å²) in [7, 11) is 0. The molecule has 0 N–H and O–H groups in total. The molecule has 0 amide bonds. The normalized spacial score (nSPS) is 7.40. The molecule has 0 unspecified atom stereocenters. The summed E-state index contributed by atoms with van der Waals surface area (Å²) in [6, 6.07) is 0. The molecule has 0 saturated heterocycles. The quantitative estimate of drug-likeness (QED) is 0.469. The summed E-state index contributed by atoms with van der Waals surface area (Å²) in [4.78, 5) is 9.37. The van der Waals surface area contributed by atoms with E-state index in [1.807, 2.05) is 6.92 Å². The number of carbonyl (C=O) groups excluding carboxylic acids is 1. The third-order valence-electron chi connectivity index (χ3n) is 0.235. The molecule has 0 rings (SSSR count). The highest BCUT2D eigenvalue weighted by molar-refractivity contribution is 8.11. The minimum atomic E-state index is 0.847. The smallest absolute Gasteiger partial charge is 0.176 e. The number of hydrogen-bond donors (Lipinski definition) is 0. The van der Waals surface area contributed by atoms with Crippen molar-refractivity contribution in [3.05, 3.63) is 0 Å². The van der Waals surface area contributed by atoms with Gasteiger partial charge in [-0.2, -0.15) is 0 Å². The zero-order valence-electron chi connectivity index (χ0n) is 3.10. The largest absolute Gasteiger partial charge is 0.291 e. The van der Waals surface area contributed by atoms with E-state index in [9.17, 15) is 4.79 Å². The maximum atomic E-state index is 9.37. The Hall–Kier alpha value is 0.0200. The Labute approximate surface area is 35.8 Å². The molecule has 1 nitrogen and oxygen atoms in total. The Balaban J connectivity index is 2.40. The zero-order chi connectivity index (χ0) is 4.12. The van der Waals surface area contributed by atoms with Gasteiger partial charge in [0.05, 0.1) is 0 Å². The second kappa shape index (κ2) is 4.02. The first-order chi connectivity index (χ1) is 2.41. The van der Waals surface area contributed by atoms with Crippen LogP contribution in [0.25, 0.3) is 0 Å². The van der Waals surface area contributed by atoms with Crippen LogP contribution in [0.5, 0.6) is 0 Å². The van der Waals surface area contributed by atoms with Gasteiger partial charge in [0.25, 0.3) is 0 Å². The fraction of sp³-hybridized carbons (Fsp3) is 0.667. The standard InChI is InChI=1S/C3H6OS/c1-2-5-3-4/h3H,2H2,1H3. The maximum Gasteiger partial charge on any atom is 0.176 e. The molecule has 0 aromatic heterocycles. The van der Waals surface area contributed by atoms with E-state index < -0.39 is 0 Å². The Kier molecular flexibility index (Phi) is 4.04. The van der Waals surface area contributed by atoms with Gasteiger partial charge < -0.3 is 0 Å². The highest BCUT2D eigenvalue weighted by atomic mass is 32.2. The zero-order valence-corrected chi connectivity index (χ0v) is 3.92. The molecular weight excluding hydrogens is 84.1 g/mol. The van der Waals surface area contributed by atoms with Crippen LogP contribution in [0.1, 0.15) is 6.92 Å². The Morgan fingerprint density at radius 1 is 2.00 bits per heavy atom. The van der Waals surface area contributed by atoms with Gasteiger partial charge in [-0.1, -0.05) is 18.7 Å². The topological polar surface area (TPSA) is 17.1 Å². The minimum Gasteiger partial charge on any atom is -0.291 e. The van der Waals surface area contributed by atoms with Crippen molar-refractivity contribution in [3.63, 3.8) is 0 Å². The summed E-state index contributed by atoms with van der Waals surface area (Å²) in [5, 5.41) is 0. The van der Waals surface area contributed by atoms with Gasteiger partial charge in [0.1, 0.15) is 0 Å². The Morgan fingerprint density at radius 2 is 2.60 bits per heavy atom. The Morgan fingerprint density at radius 3 is 2.60 bits per heavy atom. The fourth-order valence-electron chi connectivity index (χ4n) is 0.0680. The molecule has 0 aliphatic heterocycles. The average molecular weight is 90.1 g/mol. The van der Waals surface area contributed by atoms with Crippen LogP contribution in [0.2, 0.25) is 0 Å². The van der Waals surface area contributed by atoms with Gasteiger partial charge in [-0.05, 0) is 5.75 Å². The van der Waals surface area contributed by atoms with Gasteiger partial charge >= 0.3 is 0 Å². The van der Waals surface area contributed by atoms with E-state index in [4.69, 9.17) is 0 Å². The van der Waals surface area contributed by atoms with Crippen LogP contribution < -0.4 is 0 Å². The fourth-order valence-corrected chi connectivity index (χ4v) is 0.204. The van der Waals surface area contributed by atoms with Gasteiger partial charge in [-0.25, -0.2) is 0 Å². The van der Waals surface area contributed by atoms with E-state index in [2.05, 4.69) is 0 Å². The maximum absolute atomic E-state index is 9.37. The molecule has 0 fully saturated rings. The summed E-state index contributed by atoms with van der Waals surface area (Å²) < 4.78 is 0. The first-order valence-electron chi connectivity index (χ1n) is 1.47. The van der Waals surface area contributed by atoms with Crippen LogP contribution in [0.4, 0.5) is 0 Å². The number of carbonyl (C=O) groups is 1. The van der Waals surface area contributed by atoms with Crippen LogP contribution in [0.15, 0.2) is 0 Å². The predicted molar refractivity (Wildman–Crippen MR) is 24.9 cm³/mol. The average Bonchev–Trinajstić information content (AvgIpc) is 1.41. The van der Waals surface area contributed by atoms with Gasteiger partial charge in [0.15, 0.2) is 5.62 Å². The van der Waals surface area contributed by atoms with Crippen LogP contribution >= 0.6 is 11.8 Å². The number of rotatable bonds is 2. The summed E-state index contributed by atoms with van der Waals surface area (Å²) in [6.45, 7) is 1.94. The van der Waals surface area contributed by atoms with E-state index in [-0.39, 0.29) is 0 Å². The SMILES string of the molecule is CCSC=O. The van der Waals surface area contributed by atoms with Crippen LogP contribution in [-0.4, -0.2) is 11.4 Å². The van der Waals surface area contributed by atoms with Crippen molar-refractivity contribution in [2.45, 2.75) is 6.92 Å². The summed E-state index contributed by atoms with van der Waals surface area (Å²) in [5.41, 5.74) is 0.847. The monoisotopic (exact) mass is 90.0 g/mol. The van der Waals surface area contributed by atoms with Crippen molar-refractivity contribution in [3.8, 4) is 0 Å². The number of thioether (sulfide) groups is 1. The van der Waals surface area contributed by atoms with Crippen molar-refractivity contribution >= 4 is 17.4 Å². The summed E-state index contributed by atoms with van der Waals surface area (Å²) in [5.74, 6) is 0.892. The molecule has 0 atom stereocenters. The third-order valence-corrected chi connectivity index (χ3v) is 0.704. The highest BCUT2D eigenvalue weighted by Gasteiger charge is 1.66. The molecule has 0 heterocycles. The molecule has 0 aromatic carbocycles. The molecule has 0 spiro atoms. The van der Waals surface area contributed by atoms with Gasteiger partial charge in [-0.3, -0.25) is 4.79 Å². The van der Waals surface area contributed by atoms with E-state index in [0.29, 0.717) is 0 Å². The van der Waals surface area contributed by atoms with Crippen LogP contribution in [0, 0.1) is 0 Å². The van der Waals surface area contributed by atoms with E-state index in [0.717, 1.165) is 11.4 Å². The summed E-state index contributed by atoms with van der Waals surface area (Å²) >= 11 is 1.28. The van der Waals surface area contributed by atoms with E-state index >= 15 is 0 Å². The number of hydrogen-bond acceptors (Lipinski definition) is 2. The molecule has 30 valence electrons. The molecule has 0 aromatic rings. The molecular formula is C3H6OS. The van der Waals surface area contributed by atoms with E-state index in [1.54, 1.807) is 0 Å². The first kappa shape index (κ1) is 5.02. The van der Waals surface area contributed by atoms with Crippen molar-refractivity contribution in [1.29, 1.82) is 0 Å². The third kappa shape index (κ3) is 4.02. The molecule has 0 saturated carbocycles. The molecule has 0 aliphatic rings. The second-order valence-corrected chi connectivity index (χ2v) is 1.65. The van der Waals surface area contributed by atoms with Gasteiger partial charge in [0, 0.05) is 0 Å². The Bertz CT molecular complexity index is 28.1. The summed E-state index contributed by atoms with van der Waals surface area (Å²) in [6.07, 6.45) is 0. The molecule has 2 heteroatoms. The van der Waals surface area contributed by atoms with Crippen molar-refractivity contribution in [2.75, 3.05) is 5.75 Å². The molecule has 0 bridgehead atoms. The van der Waals surface area contributed by atoms with Crippen molar-refractivity contribution < 1.29 is 4.79 Å². The molecule has 0 aliphatic carbocycles. The lowest BCUT2D eigenvalue weighted by molar-refractivity contribution is 0.570. The minimum absolute atomic E-state index is 0.847. The second-order valence-electron chi connectivity index (χ2n) is 0.552. The van der Waals surface area contributed by atoms with E-state index in [1.165, 1.54) is 11.8 Å². The first-order valence-corrected chi connectivity index (χ1v) is 2.52. The van der Waals surface area contributed by atoms with Crippen molar-refractivity contribution in [2.24, 2.45) is 0 Å². The lowest BCUT2D eigenvalue weighted by Crippen LogP contribution is -1.60. The predicted octanol–water partition coefficient (Wildman–Crippen LogP) is 0.930. The van der Waals surface area contributed by atoms with Gasteiger partial charge in [0.2, 0.25) is 0 Å². The lowest BCUT2D eigenvalue weighted by atomic mass is 11.0. The molecule has 0 radical (unpaired) electrons. The lowest BCUT2D eigenvalue weighted by Gasteiger charge is -1.69. The van der Waals surface area contributed by atoms with Crippen molar-refractivity contribution in [1.82, 2.24) is 0 Å². The molecule has 5 heavy (non-hydrogen) atoms. The van der Waals surface area contributed by atoms with Crippen LogP contribution in [-0.2, 0) is 4.79 Å². The highest BCUT2D eigenvalue weighted by Crippen LogP contribution is 1.86.